The van der Waals surface area contributed by atoms with Gasteiger partial charge in [-0.3, -0.25) is 9.78 Å². The van der Waals surface area contributed by atoms with Gasteiger partial charge in [0.15, 0.2) is 5.13 Å². The third-order valence-corrected chi connectivity index (χ3v) is 5.44. The molecule has 0 atom stereocenters. The molecule has 6 nitrogen and oxygen atoms in total. The van der Waals surface area contributed by atoms with Crippen LogP contribution in [0.25, 0.3) is 11.3 Å². The van der Waals surface area contributed by atoms with Gasteiger partial charge < -0.3 is 15.4 Å². The summed E-state index contributed by atoms with van der Waals surface area (Å²) < 4.78 is 5.63. The van der Waals surface area contributed by atoms with E-state index in [-0.39, 0.29) is 12.0 Å². The number of thiazole rings is 1. The second-order valence-corrected chi connectivity index (χ2v) is 8.44. The second kappa shape index (κ2) is 9.62. The summed E-state index contributed by atoms with van der Waals surface area (Å²) in [7, 11) is 0. The van der Waals surface area contributed by atoms with Gasteiger partial charge in [0, 0.05) is 40.3 Å². The molecule has 0 spiro atoms. The molecule has 0 unspecified atom stereocenters. The van der Waals surface area contributed by atoms with Gasteiger partial charge in [-0.1, -0.05) is 6.07 Å². The molecule has 0 bridgehead atoms. The van der Waals surface area contributed by atoms with E-state index in [0.29, 0.717) is 11.3 Å². The molecule has 162 valence electrons. The van der Waals surface area contributed by atoms with Gasteiger partial charge in [0.1, 0.15) is 5.75 Å². The van der Waals surface area contributed by atoms with Gasteiger partial charge in [-0.15, -0.1) is 11.3 Å². The molecule has 0 saturated carbocycles. The Morgan fingerprint density at radius 1 is 1.09 bits per heavy atom. The molecule has 0 aliphatic heterocycles. The first-order chi connectivity index (χ1) is 15.5. The number of carbonyl (C=O) groups excluding carboxylic acids is 1. The van der Waals surface area contributed by atoms with Crippen LogP contribution in [0.2, 0.25) is 0 Å². The molecule has 0 fully saturated rings. The number of amides is 1. The van der Waals surface area contributed by atoms with Crippen LogP contribution in [0.4, 0.5) is 16.5 Å². The maximum atomic E-state index is 12.7. The average molecular weight is 445 g/mol. The number of ether oxygens (including phenoxy) is 1. The fourth-order valence-electron chi connectivity index (χ4n) is 3.09. The molecule has 7 heteroatoms. The summed E-state index contributed by atoms with van der Waals surface area (Å²) >= 11 is 1.52. The maximum absolute atomic E-state index is 12.7. The van der Waals surface area contributed by atoms with Gasteiger partial charge in [-0.05, 0) is 74.9 Å². The van der Waals surface area contributed by atoms with Crippen molar-refractivity contribution in [1.29, 1.82) is 0 Å². The van der Waals surface area contributed by atoms with Crippen LogP contribution in [0.15, 0.2) is 72.4 Å². The van der Waals surface area contributed by atoms with Gasteiger partial charge in [-0.25, -0.2) is 4.98 Å². The average Bonchev–Trinajstić information content (AvgIpc) is 3.25. The normalized spacial score (nSPS) is 10.8. The lowest BCUT2D eigenvalue weighted by Gasteiger charge is -2.12. The molecule has 2 aromatic carbocycles. The van der Waals surface area contributed by atoms with Crippen LogP contribution < -0.4 is 15.4 Å². The van der Waals surface area contributed by atoms with Crippen molar-refractivity contribution in [2.24, 2.45) is 0 Å². The Morgan fingerprint density at radius 2 is 1.91 bits per heavy atom. The lowest BCUT2D eigenvalue weighted by Crippen LogP contribution is -2.12. The summed E-state index contributed by atoms with van der Waals surface area (Å²) in [6.45, 7) is 5.95. The molecule has 0 aliphatic rings. The number of benzene rings is 2. The summed E-state index contributed by atoms with van der Waals surface area (Å²) in [5, 5.41) is 9.09. The monoisotopic (exact) mass is 444 g/mol. The minimum Gasteiger partial charge on any atom is -0.491 e. The van der Waals surface area contributed by atoms with Crippen molar-refractivity contribution in [3.05, 3.63) is 83.5 Å². The van der Waals surface area contributed by atoms with E-state index in [2.05, 4.69) is 20.6 Å². The van der Waals surface area contributed by atoms with Crippen LogP contribution in [-0.2, 0) is 0 Å². The number of pyridine rings is 1. The Balaban J connectivity index is 1.46. The minimum atomic E-state index is -0.177. The van der Waals surface area contributed by atoms with Crippen molar-refractivity contribution in [2.45, 2.75) is 26.9 Å². The lowest BCUT2D eigenvalue weighted by atomic mass is 10.1. The van der Waals surface area contributed by atoms with E-state index < -0.39 is 0 Å². The van der Waals surface area contributed by atoms with Crippen molar-refractivity contribution < 1.29 is 9.53 Å². The molecular weight excluding hydrogens is 420 g/mol. The standard InChI is InChI=1S/C25H24N4O2S/c1-16(2)31-21-10-7-18(8-11-21)24(30)27-20-9-6-17(3)22(13-20)28-25-29-23(15-32-25)19-5-4-12-26-14-19/h4-16H,1-3H3,(H,27,30)(H,28,29). The van der Waals surface area contributed by atoms with E-state index in [1.165, 1.54) is 11.3 Å². The Hall–Kier alpha value is -3.71. The highest BCUT2D eigenvalue weighted by Crippen LogP contribution is 2.29. The smallest absolute Gasteiger partial charge is 0.255 e. The minimum absolute atomic E-state index is 0.0893. The Morgan fingerprint density at radius 3 is 2.62 bits per heavy atom. The number of aromatic nitrogens is 2. The number of nitrogens with one attached hydrogen (secondary N) is 2. The third-order valence-electron chi connectivity index (χ3n) is 4.69. The van der Waals surface area contributed by atoms with Gasteiger partial charge in [0.25, 0.3) is 5.91 Å². The molecule has 0 saturated heterocycles. The summed E-state index contributed by atoms with van der Waals surface area (Å²) in [5.41, 5.74) is 5.05. The van der Waals surface area contributed by atoms with Crippen LogP contribution in [-0.4, -0.2) is 22.0 Å². The zero-order valence-corrected chi connectivity index (χ0v) is 18.9. The largest absolute Gasteiger partial charge is 0.491 e. The van der Waals surface area contributed by atoms with Crippen LogP contribution in [0.5, 0.6) is 5.75 Å². The lowest BCUT2D eigenvalue weighted by molar-refractivity contribution is 0.102. The van der Waals surface area contributed by atoms with Crippen molar-refractivity contribution in [2.75, 3.05) is 10.6 Å². The van der Waals surface area contributed by atoms with Crippen molar-refractivity contribution >= 4 is 33.8 Å². The summed E-state index contributed by atoms with van der Waals surface area (Å²) in [4.78, 5) is 21.5. The molecule has 0 aliphatic carbocycles. The SMILES string of the molecule is Cc1ccc(NC(=O)c2ccc(OC(C)C)cc2)cc1Nc1nc(-c2cccnc2)cs1. The second-order valence-electron chi connectivity index (χ2n) is 7.58. The molecule has 2 heterocycles. The van der Waals surface area contributed by atoms with E-state index in [1.54, 1.807) is 36.7 Å². The zero-order valence-electron chi connectivity index (χ0n) is 18.1. The summed E-state index contributed by atoms with van der Waals surface area (Å²) in [6.07, 6.45) is 3.62. The van der Waals surface area contributed by atoms with Crippen LogP contribution >= 0.6 is 11.3 Å². The van der Waals surface area contributed by atoms with Crippen LogP contribution in [0.1, 0.15) is 29.8 Å². The fourth-order valence-corrected chi connectivity index (χ4v) is 3.82. The number of carbonyl (C=O) groups is 1. The predicted octanol–water partition coefficient (Wildman–Crippen LogP) is 6.30. The first-order valence-corrected chi connectivity index (χ1v) is 11.2. The van der Waals surface area contributed by atoms with E-state index in [0.717, 1.165) is 33.4 Å². The quantitative estimate of drug-likeness (QED) is 0.350. The van der Waals surface area contributed by atoms with E-state index in [1.807, 2.05) is 56.5 Å². The number of aryl methyl sites for hydroxylation is 1. The van der Waals surface area contributed by atoms with Crippen molar-refractivity contribution in [3.8, 4) is 17.0 Å². The highest BCUT2D eigenvalue weighted by molar-refractivity contribution is 7.14. The number of hydrogen-bond donors (Lipinski definition) is 2. The molecule has 4 aromatic rings. The predicted molar refractivity (Wildman–Crippen MR) is 130 cm³/mol. The van der Waals surface area contributed by atoms with E-state index in [4.69, 9.17) is 4.74 Å². The molecule has 0 radical (unpaired) electrons. The molecular formula is C25H24N4O2S. The highest BCUT2D eigenvalue weighted by Gasteiger charge is 2.10. The Kier molecular flexibility index (Phi) is 6.47. The van der Waals surface area contributed by atoms with Crippen LogP contribution in [0, 0.1) is 6.92 Å². The first-order valence-electron chi connectivity index (χ1n) is 10.3. The summed E-state index contributed by atoms with van der Waals surface area (Å²) in [5.74, 6) is 0.566. The highest BCUT2D eigenvalue weighted by atomic mass is 32.1. The number of rotatable bonds is 7. The number of nitrogens with zero attached hydrogens (tertiary/aromatic N) is 2. The number of anilines is 3. The summed E-state index contributed by atoms with van der Waals surface area (Å²) in [6, 6.07) is 16.8. The molecule has 2 aromatic heterocycles. The van der Waals surface area contributed by atoms with Crippen molar-refractivity contribution in [3.63, 3.8) is 0 Å². The molecule has 32 heavy (non-hydrogen) atoms. The van der Waals surface area contributed by atoms with Gasteiger partial charge in [0.2, 0.25) is 0 Å². The number of hydrogen-bond acceptors (Lipinski definition) is 6. The molecule has 4 rings (SSSR count). The van der Waals surface area contributed by atoms with Crippen molar-refractivity contribution in [1.82, 2.24) is 9.97 Å². The van der Waals surface area contributed by atoms with Crippen LogP contribution in [0.3, 0.4) is 0 Å². The Bertz CT molecular complexity index is 1200. The molecule has 1 amide bonds. The fraction of sp³-hybridized carbons (Fsp3) is 0.160. The van der Waals surface area contributed by atoms with Gasteiger partial charge in [0.05, 0.1) is 11.8 Å². The molecule has 2 N–H and O–H groups in total. The third kappa shape index (κ3) is 5.31. The van der Waals surface area contributed by atoms with Gasteiger partial charge in [-0.2, -0.15) is 0 Å². The maximum Gasteiger partial charge on any atom is 0.255 e. The van der Waals surface area contributed by atoms with E-state index >= 15 is 0 Å². The van der Waals surface area contributed by atoms with Gasteiger partial charge >= 0.3 is 0 Å². The Labute approximate surface area is 191 Å². The topological polar surface area (TPSA) is 76.1 Å². The first kappa shape index (κ1) is 21.5. The zero-order chi connectivity index (χ0) is 22.5. The van der Waals surface area contributed by atoms with E-state index in [9.17, 15) is 4.79 Å².